The minimum atomic E-state index is -0.454. The number of rotatable bonds is 9. The van der Waals surface area contributed by atoms with Gasteiger partial charge < -0.3 is 14.2 Å². The fourth-order valence-electron chi connectivity index (χ4n) is 0.947. The van der Waals surface area contributed by atoms with Crippen molar-refractivity contribution in [1.29, 1.82) is 0 Å². The highest BCUT2D eigenvalue weighted by Gasteiger charge is 2.09. The number of carbonyl (C=O) groups is 1. The van der Waals surface area contributed by atoms with Crippen LogP contribution in [0.25, 0.3) is 0 Å². The Morgan fingerprint density at radius 1 is 1.18 bits per heavy atom. The van der Waals surface area contributed by atoms with E-state index in [0.29, 0.717) is 12.4 Å². The lowest BCUT2D eigenvalue weighted by Gasteiger charge is -2.18. The largest absolute Gasteiger partial charge is 0.489 e. The quantitative estimate of drug-likeness (QED) is 0.268. The van der Waals surface area contributed by atoms with E-state index >= 15 is 0 Å². The summed E-state index contributed by atoms with van der Waals surface area (Å²) >= 11 is 0. The third kappa shape index (κ3) is 8.28. The van der Waals surface area contributed by atoms with Gasteiger partial charge in [0.25, 0.3) is 0 Å². The summed E-state index contributed by atoms with van der Waals surface area (Å²) in [6.07, 6.45) is 2.33. The Hall–Kier alpha value is -1.55. The van der Waals surface area contributed by atoms with Crippen LogP contribution in [-0.2, 0) is 19.0 Å². The number of hydrogen-bond donors (Lipinski definition) is 0. The maximum Gasteiger partial charge on any atom is 0.330 e. The zero-order valence-corrected chi connectivity index (χ0v) is 10.5. The highest BCUT2D eigenvalue weighted by molar-refractivity contribution is 5.81. The third-order valence-electron chi connectivity index (χ3n) is 1.82. The summed E-state index contributed by atoms with van der Waals surface area (Å²) in [5, 5.41) is 0. The van der Waals surface area contributed by atoms with Crippen LogP contribution in [0.15, 0.2) is 37.6 Å². The molecule has 4 heteroatoms. The normalized spacial score (nSPS) is 13.3. The van der Waals surface area contributed by atoms with Crippen molar-refractivity contribution in [2.75, 3.05) is 13.2 Å². The maximum atomic E-state index is 10.8. The van der Waals surface area contributed by atoms with Crippen LogP contribution in [0.3, 0.4) is 0 Å². The van der Waals surface area contributed by atoms with E-state index in [0.717, 1.165) is 6.08 Å². The highest BCUT2D eigenvalue weighted by Crippen LogP contribution is 2.03. The molecular weight excluding hydrogens is 220 g/mol. The average molecular weight is 240 g/mol. The first kappa shape index (κ1) is 15.4. The fraction of sp³-hybridized carbons (Fsp3) is 0.462. The van der Waals surface area contributed by atoms with Crippen molar-refractivity contribution >= 4 is 5.97 Å². The van der Waals surface area contributed by atoms with Crippen LogP contribution in [0.1, 0.15) is 13.8 Å². The van der Waals surface area contributed by atoms with E-state index in [1.165, 1.54) is 6.08 Å². The molecule has 2 unspecified atom stereocenters. The van der Waals surface area contributed by atoms with Gasteiger partial charge in [-0.05, 0) is 19.9 Å². The lowest BCUT2D eigenvalue weighted by atomic mass is 10.4. The summed E-state index contributed by atoms with van der Waals surface area (Å²) in [5.41, 5.74) is 0. The Kier molecular flexibility index (Phi) is 7.80. The second-order valence-electron chi connectivity index (χ2n) is 3.58. The van der Waals surface area contributed by atoms with Gasteiger partial charge in [-0.15, -0.1) is 0 Å². The van der Waals surface area contributed by atoms with E-state index in [-0.39, 0.29) is 18.8 Å². The van der Waals surface area contributed by atoms with Crippen LogP contribution in [0.2, 0.25) is 0 Å². The smallest absolute Gasteiger partial charge is 0.330 e. The van der Waals surface area contributed by atoms with Gasteiger partial charge in [0, 0.05) is 6.08 Å². The van der Waals surface area contributed by atoms with Gasteiger partial charge in [-0.1, -0.05) is 19.7 Å². The van der Waals surface area contributed by atoms with Crippen molar-refractivity contribution < 1.29 is 19.0 Å². The molecule has 0 aliphatic carbocycles. The van der Waals surface area contributed by atoms with Crippen molar-refractivity contribution in [2.45, 2.75) is 26.1 Å². The summed E-state index contributed by atoms with van der Waals surface area (Å²) in [7, 11) is 0. The van der Waals surface area contributed by atoms with Crippen LogP contribution in [0, 0.1) is 0 Å². The molecule has 17 heavy (non-hydrogen) atoms. The summed E-state index contributed by atoms with van der Waals surface area (Å²) in [5.74, 6) is 0.0524. The van der Waals surface area contributed by atoms with E-state index in [4.69, 9.17) is 14.2 Å². The Bertz CT molecular complexity index is 283. The van der Waals surface area contributed by atoms with E-state index in [2.05, 4.69) is 19.7 Å². The van der Waals surface area contributed by atoms with E-state index in [1.807, 2.05) is 13.8 Å². The summed E-state index contributed by atoms with van der Waals surface area (Å²) in [4.78, 5) is 10.8. The second-order valence-corrected chi connectivity index (χ2v) is 3.58. The molecule has 0 bridgehead atoms. The zero-order chi connectivity index (χ0) is 13.3. The molecule has 2 atom stereocenters. The number of carbonyl (C=O) groups excluding carboxylic acids is 1. The molecule has 0 N–H and O–H groups in total. The number of hydrogen-bond acceptors (Lipinski definition) is 4. The Morgan fingerprint density at radius 2 is 1.82 bits per heavy atom. The molecule has 0 saturated heterocycles. The first-order valence-electron chi connectivity index (χ1n) is 5.38. The molecule has 0 spiro atoms. The van der Waals surface area contributed by atoms with E-state index < -0.39 is 5.97 Å². The van der Waals surface area contributed by atoms with Gasteiger partial charge in [0.1, 0.15) is 18.5 Å². The standard InChI is InChI=1S/C13H20O4/c1-6-10(3)17-12(5)9-15-11(4)8-16-13(14)7-2/h6-7,11-12H,1-3,8-9H2,4-5H3. The van der Waals surface area contributed by atoms with Crippen LogP contribution in [0.5, 0.6) is 0 Å². The molecule has 0 saturated carbocycles. The molecular formula is C13H20O4. The zero-order valence-electron chi connectivity index (χ0n) is 10.5. The predicted molar refractivity (Wildman–Crippen MR) is 66.5 cm³/mol. The van der Waals surface area contributed by atoms with Crippen LogP contribution in [-0.4, -0.2) is 31.4 Å². The molecule has 0 aliphatic heterocycles. The number of esters is 1. The van der Waals surface area contributed by atoms with Crippen molar-refractivity contribution in [2.24, 2.45) is 0 Å². The minimum absolute atomic E-state index is 0.127. The molecule has 0 heterocycles. The molecule has 96 valence electrons. The summed E-state index contributed by atoms with van der Waals surface area (Å²) in [6, 6.07) is 0. The summed E-state index contributed by atoms with van der Waals surface area (Å²) in [6.45, 7) is 14.7. The fourth-order valence-corrected chi connectivity index (χ4v) is 0.947. The van der Waals surface area contributed by atoms with E-state index in [9.17, 15) is 4.79 Å². The molecule has 0 aromatic carbocycles. The topological polar surface area (TPSA) is 44.8 Å². The van der Waals surface area contributed by atoms with Gasteiger partial charge in [-0.25, -0.2) is 4.79 Å². The van der Waals surface area contributed by atoms with Crippen molar-refractivity contribution in [3.8, 4) is 0 Å². The van der Waals surface area contributed by atoms with Gasteiger partial charge in [-0.2, -0.15) is 0 Å². The molecule has 0 aliphatic rings. The molecule has 0 rings (SSSR count). The lowest BCUT2D eigenvalue weighted by Crippen LogP contribution is -2.24. The monoisotopic (exact) mass is 240 g/mol. The third-order valence-corrected chi connectivity index (χ3v) is 1.82. The SMILES string of the molecule is C=CC(=C)OC(C)COC(C)COC(=O)C=C. The number of ether oxygens (including phenoxy) is 3. The second kappa shape index (κ2) is 8.58. The van der Waals surface area contributed by atoms with Gasteiger partial charge in [0.05, 0.1) is 12.7 Å². The Labute approximate surface area is 103 Å². The minimum Gasteiger partial charge on any atom is -0.489 e. The molecule has 4 nitrogen and oxygen atoms in total. The van der Waals surface area contributed by atoms with Crippen molar-refractivity contribution in [1.82, 2.24) is 0 Å². The van der Waals surface area contributed by atoms with Crippen LogP contribution < -0.4 is 0 Å². The molecule has 0 fully saturated rings. The van der Waals surface area contributed by atoms with Crippen LogP contribution in [0.4, 0.5) is 0 Å². The van der Waals surface area contributed by atoms with Gasteiger partial charge in [0.2, 0.25) is 0 Å². The first-order valence-corrected chi connectivity index (χ1v) is 5.38. The maximum absolute atomic E-state index is 10.8. The number of allylic oxidation sites excluding steroid dienone is 1. The van der Waals surface area contributed by atoms with Gasteiger partial charge >= 0.3 is 5.97 Å². The Morgan fingerprint density at radius 3 is 2.35 bits per heavy atom. The van der Waals surface area contributed by atoms with Gasteiger partial charge in [0.15, 0.2) is 0 Å². The molecule has 0 aromatic heterocycles. The highest BCUT2D eigenvalue weighted by atomic mass is 16.6. The molecule has 0 aromatic rings. The molecule has 0 radical (unpaired) electrons. The van der Waals surface area contributed by atoms with Gasteiger partial charge in [-0.3, -0.25) is 0 Å². The Balaban J connectivity index is 3.71. The molecule has 0 amide bonds. The lowest BCUT2D eigenvalue weighted by molar-refractivity contribution is -0.142. The van der Waals surface area contributed by atoms with E-state index in [1.54, 1.807) is 0 Å². The average Bonchev–Trinajstić information content (AvgIpc) is 2.32. The summed E-state index contributed by atoms with van der Waals surface area (Å²) < 4.78 is 15.6. The predicted octanol–water partition coefficient (Wildman–Crippen LogP) is 2.23. The van der Waals surface area contributed by atoms with Crippen molar-refractivity contribution in [3.63, 3.8) is 0 Å². The van der Waals surface area contributed by atoms with Crippen LogP contribution >= 0.6 is 0 Å². The van der Waals surface area contributed by atoms with Crippen molar-refractivity contribution in [3.05, 3.63) is 37.6 Å². The first-order chi connectivity index (χ1) is 7.99.